The van der Waals surface area contributed by atoms with Crippen LogP contribution in [0.4, 0.5) is 0 Å². The highest BCUT2D eigenvalue weighted by Crippen LogP contribution is 1.98. The van der Waals surface area contributed by atoms with Gasteiger partial charge in [-0.25, -0.2) is 0 Å². The van der Waals surface area contributed by atoms with Crippen molar-refractivity contribution in [1.29, 1.82) is 0 Å². The fourth-order valence-corrected chi connectivity index (χ4v) is 1.32. The van der Waals surface area contributed by atoms with Gasteiger partial charge in [0.25, 0.3) is 0 Å². The molecule has 0 saturated heterocycles. The number of rotatable bonds is 13. The number of carbonyl (C=O) groups is 2. The number of aliphatic hydroxyl groups excluding tert-OH is 2. The van der Waals surface area contributed by atoms with Gasteiger partial charge in [0, 0.05) is 26.1 Å². The lowest BCUT2D eigenvalue weighted by atomic mass is 10.2. The zero-order chi connectivity index (χ0) is 20.8. The average Bonchev–Trinajstić information content (AvgIpc) is 2.52. The minimum absolute atomic E-state index is 0.0278. The normalized spacial score (nSPS) is 10.0. The Kier molecular flexibility index (Phi) is 27.0. The summed E-state index contributed by atoms with van der Waals surface area (Å²) in [6.07, 6.45) is 1.02. The van der Waals surface area contributed by atoms with Crippen molar-refractivity contribution in [2.45, 2.75) is 53.4 Å². The third kappa shape index (κ3) is 43.4. The molecule has 26 heavy (non-hydrogen) atoms. The maximum atomic E-state index is 9.90. The van der Waals surface area contributed by atoms with Gasteiger partial charge in [-0.1, -0.05) is 27.7 Å². The maximum Gasteiger partial charge on any atom is 0.303 e. The Morgan fingerprint density at radius 2 is 1.08 bits per heavy atom. The predicted octanol–water partition coefficient (Wildman–Crippen LogP) is 2.02. The van der Waals surface area contributed by atoms with E-state index in [-0.39, 0.29) is 26.1 Å². The monoisotopic (exact) mass is 382 g/mol. The summed E-state index contributed by atoms with van der Waals surface area (Å²) in [6.45, 7) is 11.2. The van der Waals surface area contributed by atoms with Gasteiger partial charge in [-0.05, 0) is 24.7 Å². The molecule has 0 spiro atoms. The number of ether oxygens (including phenoxy) is 2. The second kappa shape index (κ2) is 23.8. The van der Waals surface area contributed by atoms with Crippen molar-refractivity contribution in [2.75, 3.05) is 39.6 Å². The van der Waals surface area contributed by atoms with E-state index >= 15 is 0 Å². The van der Waals surface area contributed by atoms with Crippen molar-refractivity contribution in [3.05, 3.63) is 0 Å². The second-order valence-electron chi connectivity index (χ2n) is 6.38. The molecule has 0 aromatic carbocycles. The lowest BCUT2D eigenvalue weighted by molar-refractivity contribution is -0.139. The van der Waals surface area contributed by atoms with E-state index < -0.39 is 11.9 Å². The van der Waals surface area contributed by atoms with Crippen LogP contribution in [-0.2, 0) is 19.1 Å². The molecular formula is C18H38O8. The highest BCUT2D eigenvalue weighted by molar-refractivity contribution is 5.67. The van der Waals surface area contributed by atoms with Crippen LogP contribution >= 0.6 is 0 Å². The van der Waals surface area contributed by atoms with Gasteiger partial charge in [0.2, 0.25) is 0 Å². The average molecular weight is 382 g/mol. The van der Waals surface area contributed by atoms with Gasteiger partial charge in [0.15, 0.2) is 0 Å². The Hall–Kier alpha value is -1.22. The highest BCUT2D eigenvalue weighted by atomic mass is 16.5. The van der Waals surface area contributed by atoms with E-state index in [0.29, 0.717) is 37.9 Å². The Morgan fingerprint density at radius 1 is 0.731 bits per heavy atom. The fourth-order valence-electron chi connectivity index (χ4n) is 1.32. The van der Waals surface area contributed by atoms with Crippen LogP contribution in [0.2, 0.25) is 0 Å². The third-order valence-electron chi connectivity index (χ3n) is 2.40. The van der Waals surface area contributed by atoms with Crippen molar-refractivity contribution in [2.24, 2.45) is 11.8 Å². The summed E-state index contributed by atoms with van der Waals surface area (Å²) in [6, 6.07) is 0. The molecule has 4 N–H and O–H groups in total. The number of hydrogen-bond donors (Lipinski definition) is 4. The first-order valence-corrected chi connectivity index (χ1v) is 8.98. The van der Waals surface area contributed by atoms with Crippen molar-refractivity contribution in [3.8, 4) is 0 Å². The molecule has 0 heterocycles. The Balaban J connectivity index is -0.000000310. The summed E-state index contributed by atoms with van der Waals surface area (Å²) in [7, 11) is 0. The van der Waals surface area contributed by atoms with Gasteiger partial charge in [0.05, 0.1) is 26.4 Å². The number of carboxylic acid groups (broad SMARTS) is 2. The zero-order valence-corrected chi connectivity index (χ0v) is 16.6. The van der Waals surface area contributed by atoms with Crippen molar-refractivity contribution < 1.29 is 39.5 Å². The van der Waals surface area contributed by atoms with E-state index in [1.807, 2.05) is 0 Å². The van der Waals surface area contributed by atoms with Gasteiger partial charge in [-0.15, -0.1) is 0 Å². The first-order chi connectivity index (χ1) is 12.2. The molecule has 8 heteroatoms. The van der Waals surface area contributed by atoms with E-state index in [4.69, 9.17) is 25.2 Å². The molecule has 0 radical (unpaired) electrons. The lowest BCUT2D eigenvalue weighted by Crippen LogP contribution is -2.06. The smallest absolute Gasteiger partial charge is 0.303 e. The molecule has 0 aliphatic carbocycles. The molecular weight excluding hydrogens is 344 g/mol. The Morgan fingerprint density at radius 3 is 1.31 bits per heavy atom. The molecule has 0 amide bonds. The minimum atomic E-state index is -0.870. The molecule has 0 aromatic heterocycles. The number of aliphatic carboxylic acids is 2. The largest absolute Gasteiger partial charge is 0.481 e. The second-order valence-corrected chi connectivity index (χ2v) is 6.38. The topological polar surface area (TPSA) is 134 Å². The summed E-state index contributed by atoms with van der Waals surface area (Å²) in [5.74, 6) is -0.400. The summed E-state index contributed by atoms with van der Waals surface area (Å²) in [5, 5.41) is 32.4. The first kappa shape index (κ1) is 29.5. The van der Waals surface area contributed by atoms with E-state index in [9.17, 15) is 9.59 Å². The van der Waals surface area contributed by atoms with Crippen LogP contribution in [0.3, 0.4) is 0 Å². The molecule has 0 rings (SSSR count). The van der Waals surface area contributed by atoms with Crippen LogP contribution in [0.1, 0.15) is 53.4 Å². The lowest BCUT2D eigenvalue weighted by Gasteiger charge is -2.07. The minimum Gasteiger partial charge on any atom is -0.481 e. The van der Waals surface area contributed by atoms with Gasteiger partial charge in [-0.2, -0.15) is 0 Å². The predicted molar refractivity (Wildman–Crippen MR) is 99.2 cm³/mol. The highest BCUT2D eigenvalue weighted by Gasteiger charge is 1.99. The fraction of sp³-hybridized carbons (Fsp3) is 0.889. The first-order valence-electron chi connectivity index (χ1n) is 8.98. The maximum absolute atomic E-state index is 9.90. The van der Waals surface area contributed by atoms with Crippen LogP contribution in [0.25, 0.3) is 0 Å². The summed E-state index contributed by atoms with van der Waals surface area (Å²) in [5.41, 5.74) is 0. The molecule has 0 aliphatic rings. The molecule has 0 atom stereocenters. The molecule has 8 nitrogen and oxygen atoms in total. The number of aliphatic hydroxyl groups is 2. The third-order valence-corrected chi connectivity index (χ3v) is 2.40. The van der Waals surface area contributed by atoms with Crippen LogP contribution in [0, 0.1) is 11.8 Å². The molecule has 0 bridgehead atoms. The summed E-state index contributed by atoms with van der Waals surface area (Å²) in [4.78, 5) is 19.8. The molecule has 0 unspecified atom stereocenters. The van der Waals surface area contributed by atoms with Gasteiger partial charge in [0.1, 0.15) is 0 Å². The van der Waals surface area contributed by atoms with Gasteiger partial charge < -0.3 is 29.9 Å². The van der Waals surface area contributed by atoms with E-state index in [2.05, 4.69) is 32.4 Å². The van der Waals surface area contributed by atoms with Crippen molar-refractivity contribution >= 4 is 11.9 Å². The summed E-state index contributed by atoms with van der Waals surface area (Å²) < 4.78 is 9.99. The SMILES string of the molecule is CC(C)COCC(C)C.O=C(O)CCCCC(=O)O.OCCOCCO. The molecule has 0 saturated carbocycles. The quantitative estimate of drug-likeness (QED) is 0.356. The van der Waals surface area contributed by atoms with Crippen LogP contribution < -0.4 is 0 Å². The van der Waals surface area contributed by atoms with Gasteiger partial charge >= 0.3 is 11.9 Å². The zero-order valence-electron chi connectivity index (χ0n) is 16.6. The molecule has 158 valence electrons. The van der Waals surface area contributed by atoms with Gasteiger partial charge in [-0.3, -0.25) is 9.59 Å². The van der Waals surface area contributed by atoms with Crippen molar-refractivity contribution in [3.63, 3.8) is 0 Å². The Bertz CT molecular complexity index is 278. The molecule has 0 fully saturated rings. The van der Waals surface area contributed by atoms with Crippen LogP contribution in [-0.4, -0.2) is 72.0 Å². The number of hydrogen-bond acceptors (Lipinski definition) is 6. The Labute approximate surface area is 157 Å². The standard InChI is InChI=1S/C8H18O.C6H10O4.C4H10O3/c1-7(2)5-9-6-8(3)4;7-5(8)3-1-2-4-6(9)10;5-1-3-7-4-2-6/h7-8H,5-6H2,1-4H3;1-4H2,(H,7,8)(H,9,10);5-6H,1-4H2. The van der Waals surface area contributed by atoms with E-state index in [1.54, 1.807) is 0 Å². The molecule has 0 aliphatic heterocycles. The summed E-state index contributed by atoms with van der Waals surface area (Å²) >= 11 is 0. The van der Waals surface area contributed by atoms with E-state index in [0.717, 1.165) is 13.2 Å². The molecule has 0 aromatic rings. The van der Waals surface area contributed by atoms with Crippen LogP contribution in [0.15, 0.2) is 0 Å². The number of unbranched alkanes of at least 4 members (excludes halogenated alkanes) is 1. The van der Waals surface area contributed by atoms with Crippen LogP contribution in [0.5, 0.6) is 0 Å². The van der Waals surface area contributed by atoms with Crippen molar-refractivity contribution in [1.82, 2.24) is 0 Å². The number of carboxylic acids is 2. The van der Waals surface area contributed by atoms with E-state index in [1.165, 1.54) is 0 Å².